The van der Waals surface area contributed by atoms with Crippen molar-refractivity contribution in [3.8, 4) is 22.9 Å². The third-order valence-corrected chi connectivity index (χ3v) is 8.62. The van der Waals surface area contributed by atoms with E-state index in [1.165, 1.54) is 11.8 Å². The predicted octanol–water partition coefficient (Wildman–Crippen LogP) is 5.08. The Balaban J connectivity index is 1.67. The first-order chi connectivity index (χ1) is 21.1. The van der Waals surface area contributed by atoms with Gasteiger partial charge in [0.25, 0.3) is 0 Å². The first kappa shape index (κ1) is 30.9. The number of hydrogen-bond donors (Lipinski definition) is 1. The lowest BCUT2D eigenvalue weighted by atomic mass is 9.87. The molecule has 0 saturated carbocycles. The monoisotopic (exact) mass is 615 g/mol. The number of thioether (sulfide) groups is 1. The molecular weight excluding hydrogens is 578 g/mol. The van der Waals surface area contributed by atoms with Crippen molar-refractivity contribution in [2.45, 2.75) is 38.0 Å². The molecule has 2 aromatic heterocycles. The van der Waals surface area contributed by atoms with E-state index >= 15 is 0 Å². The second-order valence-corrected chi connectivity index (χ2v) is 12.5. The number of nitrogens with zero attached hydrogens (tertiary/aromatic N) is 4. The summed E-state index contributed by atoms with van der Waals surface area (Å²) >= 11 is 1.51. The van der Waals surface area contributed by atoms with Crippen molar-refractivity contribution in [2.24, 2.45) is 0 Å². The van der Waals surface area contributed by atoms with Crippen LogP contribution < -0.4 is 24.4 Å². The zero-order chi connectivity index (χ0) is 31.4. The molecular formula is C33H37N5O5S. The normalized spacial score (nSPS) is 14.9. The Morgan fingerprint density at radius 1 is 0.977 bits per heavy atom. The fourth-order valence-corrected chi connectivity index (χ4v) is 6.34. The number of carbonyl (C=O) groups excluding carboxylic acids is 2. The Labute approximate surface area is 261 Å². The summed E-state index contributed by atoms with van der Waals surface area (Å²) in [6.45, 7) is 6.46. The van der Waals surface area contributed by atoms with E-state index in [0.29, 0.717) is 29.6 Å². The van der Waals surface area contributed by atoms with Gasteiger partial charge in [-0.15, -0.1) is 11.8 Å². The molecule has 10 nitrogen and oxygen atoms in total. The predicted molar refractivity (Wildman–Crippen MR) is 171 cm³/mol. The maximum absolute atomic E-state index is 13.9. The molecule has 5 rings (SSSR count). The average Bonchev–Trinajstić information content (AvgIpc) is 3.37. The van der Waals surface area contributed by atoms with Crippen molar-refractivity contribution in [3.63, 3.8) is 0 Å². The van der Waals surface area contributed by atoms with Crippen LogP contribution in [0.15, 0.2) is 67.0 Å². The van der Waals surface area contributed by atoms with E-state index in [4.69, 9.17) is 19.3 Å². The van der Waals surface area contributed by atoms with Crippen molar-refractivity contribution < 1.29 is 23.8 Å². The molecule has 4 aromatic rings. The van der Waals surface area contributed by atoms with E-state index in [1.807, 2.05) is 54.6 Å². The number of nitrogens with one attached hydrogen (secondary N) is 1. The molecule has 0 fully saturated rings. The first-order valence-corrected chi connectivity index (χ1v) is 15.3. The third-order valence-electron chi connectivity index (χ3n) is 7.37. The van der Waals surface area contributed by atoms with Crippen molar-refractivity contribution >= 4 is 29.4 Å². The number of ether oxygens (including phenoxy) is 3. The fourth-order valence-electron chi connectivity index (χ4n) is 5.16. The lowest BCUT2D eigenvalue weighted by Crippen LogP contribution is -2.42. The van der Waals surface area contributed by atoms with E-state index in [-0.39, 0.29) is 34.8 Å². The van der Waals surface area contributed by atoms with Crippen LogP contribution in [-0.2, 0) is 21.5 Å². The third kappa shape index (κ3) is 6.37. The second-order valence-electron chi connectivity index (χ2n) is 11.4. The van der Waals surface area contributed by atoms with Gasteiger partial charge in [-0.2, -0.15) is 5.10 Å². The Kier molecular flexibility index (Phi) is 9.14. The Hall–Kier alpha value is -4.51. The molecule has 44 heavy (non-hydrogen) atoms. The van der Waals surface area contributed by atoms with Crippen molar-refractivity contribution in [2.75, 3.05) is 38.5 Å². The molecule has 11 heteroatoms. The molecule has 230 valence electrons. The molecule has 0 saturated heterocycles. The minimum atomic E-state index is -0.389. The number of carbonyl (C=O) groups is 2. The zero-order valence-corrected chi connectivity index (χ0v) is 26.6. The quantitative estimate of drug-likeness (QED) is 0.278. The molecule has 2 amide bonds. The molecule has 0 spiro atoms. The van der Waals surface area contributed by atoms with E-state index in [2.05, 4.69) is 31.1 Å². The summed E-state index contributed by atoms with van der Waals surface area (Å²) in [5.41, 5.74) is 3.90. The minimum absolute atomic E-state index is 0.164. The van der Waals surface area contributed by atoms with Gasteiger partial charge in [0.05, 0.1) is 43.7 Å². The number of methoxy groups -OCH3 is 3. The number of pyridine rings is 1. The maximum atomic E-state index is 13.9. The summed E-state index contributed by atoms with van der Waals surface area (Å²) in [5.74, 6) is 2.17. The van der Waals surface area contributed by atoms with Crippen LogP contribution in [0.3, 0.4) is 0 Å². The summed E-state index contributed by atoms with van der Waals surface area (Å²) < 4.78 is 18.3. The summed E-state index contributed by atoms with van der Waals surface area (Å²) in [6.07, 6.45) is 3.36. The summed E-state index contributed by atoms with van der Waals surface area (Å²) in [6, 6.07) is 17.0. The fraction of sp³-hybridized carbons (Fsp3) is 0.333. The zero-order valence-electron chi connectivity index (χ0n) is 25.8. The van der Waals surface area contributed by atoms with Crippen LogP contribution in [0.1, 0.15) is 48.4 Å². The van der Waals surface area contributed by atoms with Crippen LogP contribution in [-0.4, -0.2) is 60.2 Å². The summed E-state index contributed by atoms with van der Waals surface area (Å²) in [5, 5.41) is 7.82. The number of benzene rings is 2. The molecule has 0 radical (unpaired) electrons. The van der Waals surface area contributed by atoms with Gasteiger partial charge in [0.15, 0.2) is 11.5 Å². The summed E-state index contributed by atoms with van der Waals surface area (Å²) in [4.78, 5) is 32.9. The van der Waals surface area contributed by atoms with E-state index in [1.54, 1.807) is 43.3 Å². The smallest absolute Gasteiger partial charge is 0.240 e. The molecule has 0 unspecified atom stereocenters. The van der Waals surface area contributed by atoms with Crippen molar-refractivity contribution in [1.82, 2.24) is 20.1 Å². The Morgan fingerprint density at radius 3 is 2.32 bits per heavy atom. The number of fused-ring (bicyclic) bond motifs is 1. The molecule has 0 aliphatic carbocycles. The van der Waals surface area contributed by atoms with Crippen LogP contribution >= 0.6 is 11.8 Å². The number of aromatic nitrogens is 3. The van der Waals surface area contributed by atoms with Gasteiger partial charge in [-0.05, 0) is 59.7 Å². The molecule has 1 aliphatic heterocycles. The van der Waals surface area contributed by atoms with Gasteiger partial charge in [-0.1, -0.05) is 26.8 Å². The van der Waals surface area contributed by atoms with Crippen LogP contribution in [0.2, 0.25) is 0 Å². The highest BCUT2D eigenvalue weighted by Gasteiger charge is 2.40. The van der Waals surface area contributed by atoms with Gasteiger partial charge in [0, 0.05) is 29.9 Å². The van der Waals surface area contributed by atoms with Crippen molar-refractivity contribution in [3.05, 3.63) is 89.4 Å². The standard InChI is InChI=1S/C33H37N5O5S/c1-33(2,3)31-29-30(22-7-12-25(42-5)26(17-22)43-6)44-20-28(40)37(19-27(39)35-18-21-13-15-34-16-14-21)32(29)38(36-31)23-8-10-24(41-4)11-9-23/h7-17,30H,18-20H2,1-6H3,(H,35,39)/t30-/m1/s1. The first-order valence-electron chi connectivity index (χ1n) is 14.2. The number of hydrogen-bond acceptors (Lipinski definition) is 8. The molecule has 3 heterocycles. The van der Waals surface area contributed by atoms with Crippen LogP contribution in [0.5, 0.6) is 17.2 Å². The highest BCUT2D eigenvalue weighted by molar-refractivity contribution is 8.00. The van der Waals surface area contributed by atoms with Gasteiger partial charge in [0.1, 0.15) is 18.1 Å². The largest absolute Gasteiger partial charge is 0.497 e. The lowest BCUT2D eigenvalue weighted by Gasteiger charge is -2.25. The van der Waals surface area contributed by atoms with Gasteiger partial charge < -0.3 is 19.5 Å². The topological polar surface area (TPSA) is 108 Å². The second kappa shape index (κ2) is 13.0. The Morgan fingerprint density at radius 2 is 1.68 bits per heavy atom. The van der Waals surface area contributed by atoms with Crippen LogP contribution in [0, 0.1) is 0 Å². The minimum Gasteiger partial charge on any atom is -0.497 e. The number of anilines is 1. The molecule has 0 bridgehead atoms. The van der Waals surface area contributed by atoms with E-state index < -0.39 is 0 Å². The highest BCUT2D eigenvalue weighted by Crippen LogP contribution is 2.49. The molecule has 1 aliphatic rings. The number of amides is 2. The van der Waals surface area contributed by atoms with Gasteiger partial charge in [-0.25, -0.2) is 4.68 Å². The Bertz CT molecular complexity index is 1630. The summed E-state index contributed by atoms with van der Waals surface area (Å²) in [7, 11) is 4.82. The highest BCUT2D eigenvalue weighted by atomic mass is 32.2. The molecule has 2 aromatic carbocycles. The number of rotatable bonds is 9. The maximum Gasteiger partial charge on any atom is 0.240 e. The van der Waals surface area contributed by atoms with Crippen molar-refractivity contribution in [1.29, 1.82) is 0 Å². The van der Waals surface area contributed by atoms with Crippen LogP contribution in [0.4, 0.5) is 5.82 Å². The van der Waals surface area contributed by atoms with E-state index in [0.717, 1.165) is 28.1 Å². The van der Waals surface area contributed by atoms with Gasteiger partial charge in [0.2, 0.25) is 11.8 Å². The van der Waals surface area contributed by atoms with Gasteiger partial charge >= 0.3 is 0 Å². The lowest BCUT2D eigenvalue weighted by molar-refractivity contribution is -0.123. The molecule has 1 atom stereocenters. The average molecular weight is 616 g/mol. The van der Waals surface area contributed by atoms with E-state index in [9.17, 15) is 9.59 Å². The SMILES string of the molecule is COc1ccc(-n2nc(C(C)(C)C)c3c2N(CC(=O)NCc2ccncc2)C(=O)CS[C@@H]3c2ccc(OC)c(OC)c2)cc1. The molecule has 1 N–H and O–H groups in total. The van der Waals surface area contributed by atoms with Gasteiger partial charge in [-0.3, -0.25) is 19.5 Å². The van der Waals surface area contributed by atoms with Crippen LogP contribution in [0.25, 0.3) is 5.69 Å².